The minimum atomic E-state index is -5.00. The summed E-state index contributed by atoms with van der Waals surface area (Å²) in [6, 6.07) is 1.70. The number of unbranched alkanes of at least 4 members (excludes halogenated alkanes) is 1. The molecule has 0 spiro atoms. The molecule has 2 aliphatic rings. The number of rotatable bonds is 7. The van der Waals surface area contributed by atoms with Crippen LogP contribution in [0.3, 0.4) is 0 Å². The first kappa shape index (κ1) is 24.3. The molecule has 1 aromatic rings. The lowest BCUT2D eigenvalue weighted by molar-refractivity contribution is -0.142. The SMILES string of the molecule is CCC/C=C/[C@H]1CC[C@H]([C@H]2CC[C@H](CCc3cc(F)c(C(F)(F)F)c(F)c3)CC2)CC1. The number of benzene rings is 1. The molecule has 2 aliphatic carbocycles. The summed E-state index contributed by atoms with van der Waals surface area (Å²) in [6.45, 7) is 2.21. The monoisotopic (exact) mass is 442 g/mol. The number of halogens is 5. The summed E-state index contributed by atoms with van der Waals surface area (Å²) < 4.78 is 65.7. The van der Waals surface area contributed by atoms with Crippen molar-refractivity contribution in [3.05, 3.63) is 47.0 Å². The summed E-state index contributed by atoms with van der Waals surface area (Å²) in [5, 5.41) is 0. The first-order valence-electron chi connectivity index (χ1n) is 12.0. The van der Waals surface area contributed by atoms with E-state index in [2.05, 4.69) is 19.1 Å². The summed E-state index contributed by atoms with van der Waals surface area (Å²) in [6.07, 6.45) is 13.2. The molecule has 0 unspecified atom stereocenters. The Hall–Kier alpha value is -1.39. The Labute approximate surface area is 183 Å². The number of alkyl halides is 3. The number of hydrogen-bond donors (Lipinski definition) is 0. The Morgan fingerprint density at radius 1 is 0.871 bits per heavy atom. The van der Waals surface area contributed by atoms with Crippen molar-refractivity contribution in [1.29, 1.82) is 0 Å². The fourth-order valence-corrected chi connectivity index (χ4v) is 5.62. The molecule has 0 radical (unpaired) electrons. The van der Waals surface area contributed by atoms with Crippen LogP contribution in [0.15, 0.2) is 24.3 Å². The van der Waals surface area contributed by atoms with Gasteiger partial charge in [0.2, 0.25) is 0 Å². The minimum absolute atomic E-state index is 0.319. The maximum Gasteiger partial charge on any atom is 0.422 e. The number of hydrogen-bond acceptors (Lipinski definition) is 0. The molecule has 31 heavy (non-hydrogen) atoms. The maximum atomic E-state index is 13.8. The summed E-state index contributed by atoms with van der Waals surface area (Å²) in [5.41, 5.74) is -1.47. The van der Waals surface area contributed by atoms with E-state index >= 15 is 0 Å². The van der Waals surface area contributed by atoms with Crippen LogP contribution < -0.4 is 0 Å². The first-order valence-corrected chi connectivity index (χ1v) is 12.0. The fourth-order valence-electron chi connectivity index (χ4n) is 5.62. The van der Waals surface area contributed by atoms with Gasteiger partial charge in [-0.25, -0.2) is 8.78 Å². The lowest BCUT2D eigenvalue weighted by Crippen LogP contribution is -2.25. The van der Waals surface area contributed by atoms with Gasteiger partial charge in [0.1, 0.15) is 17.2 Å². The fraction of sp³-hybridized carbons (Fsp3) is 0.692. The van der Waals surface area contributed by atoms with Gasteiger partial charge in [0.15, 0.2) is 0 Å². The van der Waals surface area contributed by atoms with Crippen LogP contribution in [0.1, 0.15) is 88.7 Å². The van der Waals surface area contributed by atoms with Gasteiger partial charge < -0.3 is 0 Å². The Morgan fingerprint density at radius 2 is 1.42 bits per heavy atom. The highest BCUT2D eigenvalue weighted by Crippen LogP contribution is 2.42. The topological polar surface area (TPSA) is 0 Å². The lowest BCUT2D eigenvalue weighted by Gasteiger charge is -2.37. The van der Waals surface area contributed by atoms with E-state index in [0.717, 1.165) is 49.1 Å². The van der Waals surface area contributed by atoms with Crippen molar-refractivity contribution in [1.82, 2.24) is 0 Å². The van der Waals surface area contributed by atoms with E-state index in [1.807, 2.05) is 0 Å². The summed E-state index contributed by atoms with van der Waals surface area (Å²) >= 11 is 0. The third-order valence-electron chi connectivity index (χ3n) is 7.46. The molecule has 2 fully saturated rings. The number of allylic oxidation sites excluding steroid dienone is 2. The molecule has 1 aromatic carbocycles. The zero-order chi connectivity index (χ0) is 22.4. The van der Waals surface area contributed by atoms with E-state index in [1.54, 1.807) is 0 Å². The highest BCUT2D eigenvalue weighted by molar-refractivity contribution is 5.28. The van der Waals surface area contributed by atoms with Crippen molar-refractivity contribution < 1.29 is 22.0 Å². The van der Waals surface area contributed by atoms with Crippen molar-refractivity contribution in [3.63, 3.8) is 0 Å². The van der Waals surface area contributed by atoms with Crippen LogP contribution in [0.25, 0.3) is 0 Å². The van der Waals surface area contributed by atoms with Crippen LogP contribution in [-0.4, -0.2) is 0 Å². The average Bonchev–Trinajstić information content (AvgIpc) is 2.72. The second-order valence-corrected chi connectivity index (χ2v) is 9.64. The predicted octanol–water partition coefficient (Wildman–Crippen LogP) is 8.89. The second-order valence-electron chi connectivity index (χ2n) is 9.64. The maximum absolute atomic E-state index is 13.8. The molecule has 0 amide bonds. The van der Waals surface area contributed by atoms with E-state index in [4.69, 9.17) is 0 Å². The summed E-state index contributed by atoms with van der Waals surface area (Å²) in [4.78, 5) is 0. The van der Waals surface area contributed by atoms with Crippen molar-refractivity contribution in [3.8, 4) is 0 Å². The second kappa shape index (κ2) is 11.0. The van der Waals surface area contributed by atoms with E-state index in [1.165, 1.54) is 51.4 Å². The average molecular weight is 443 g/mol. The van der Waals surface area contributed by atoms with Gasteiger partial charge in [0.25, 0.3) is 0 Å². The van der Waals surface area contributed by atoms with Gasteiger partial charge in [-0.1, -0.05) is 38.3 Å². The van der Waals surface area contributed by atoms with E-state index in [-0.39, 0.29) is 0 Å². The Morgan fingerprint density at radius 3 is 1.94 bits per heavy atom. The summed E-state index contributed by atoms with van der Waals surface area (Å²) in [7, 11) is 0. The van der Waals surface area contributed by atoms with Crippen molar-refractivity contribution in [2.75, 3.05) is 0 Å². The van der Waals surface area contributed by atoms with E-state index in [9.17, 15) is 22.0 Å². The van der Waals surface area contributed by atoms with Crippen LogP contribution in [0.5, 0.6) is 0 Å². The molecule has 0 atom stereocenters. The Balaban J connectivity index is 1.42. The molecule has 174 valence electrons. The molecule has 5 heteroatoms. The predicted molar refractivity (Wildman–Crippen MR) is 115 cm³/mol. The van der Waals surface area contributed by atoms with Gasteiger partial charge in [-0.2, -0.15) is 13.2 Å². The largest absolute Gasteiger partial charge is 0.422 e. The highest BCUT2D eigenvalue weighted by Gasteiger charge is 2.38. The standard InChI is InChI=1S/C26H35F5/c1-2-3-4-5-18-8-12-21(13-9-18)22-14-10-19(11-15-22)6-7-20-16-23(27)25(24(28)17-20)26(29,30)31/h4-5,16-19,21-22H,2-3,6-15H2,1H3/b5-4+/t18-,19-,21-,22-. The van der Waals surface area contributed by atoms with Crippen molar-refractivity contribution >= 4 is 0 Å². The van der Waals surface area contributed by atoms with Crippen molar-refractivity contribution in [2.24, 2.45) is 23.7 Å². The highest BCUT2D eigenvalue weighted by atomic mass is 19.4. The third-order valence-corrected chi connectivity index (χ3v) is 7.46. The van der Waals surface area contributed by atoms with E-state index in [0.29, 0.717) is 17.9 Å². The van der Waals surface area contributed by atoms with Crippen LogP contribution in [0, 0.1) is 35.3 Å². The van der Waals surface area contributed by atoms with Gasteiger partial charge in [0, 0.05) is 0 Å². The minimum Gasteiger partial charge on any atom is -0.206 e. The molecule has 0 bridgehead atoms. The molecule has 0 N–H and O–H groups in total. The molecule has 0 aliphatic heterocycles. The Bertz CT molecular complexity index is 697. The normalized spacial score (nSPS) is 27.7. The van der Waals surface area contributed by atoms with Gasteiger partial charge in [-0.15, -0.1) is 0 Å². The smallest absolute Gasteiger partial charge is 0.206 e. The quantitative estimate of drug-likeness (QED) is 0.292. The molecule has 0 saturated heterocycles. The molecule has 0 aromatic heterocycles. The summed E-state index contributed by atoms with van der Waals surface area (Å²) in [5.74, 6) is -0.146. The number of aryl methyl sites for hydroxylation is 1. The zero-order valence-electron chi connectivity index (χ0n) is 18.5. The molecule has 3 rings (SSSR count). The Kier molecular flexibility index (Phi) is 8.58. The molecular weight excluding hydrogens is 407 g/mol. The third kappa shape index (κ3) is 6.79. The van der Waals surface area contributed by atoms with Crippen LogP contribution in [0.2, 0.25) is 0 Å². The van der Waals surface area contributed by atoms with Crippen LogP contribution in [-0.2, 0) is 12.6 Å². The van der Waals surface area contributed by atoms with Gasteiger partial charge in [-0.3, -0.25) is 0 Å². The molecule has 2 saturated carbocycles. The first-order chi connectivity index (χ1) is 14.8. The lowest BCUT2D eigenvalue weighted by atomic mass is 9.68. The van der Waals surface area contributed by atoms with Crippen LogP contribution >= 0.6 is 0 Å². The zero-order valence-corrected chi connectivity index (χ0v) is 18.5. The van der Waals surface area contributed by atoms with Gasteiger partial charge in [0.05, 0.1) is 0 Å². The molecule has 0 heterocycles. The van der Waals surface area contributed by atoms with E-state index < -0.39 is 23.4 Å². The van der Waals surface area contributed by atoms with Crippen LogP contribution in [0.4, 0.5) is 22.0 Å². The van der Waals surface area contributed by atoms with Gasteiger partial charge >= 0.3 is 6.18 Å². The molecule has 0 nitrogen and oxygen atoms in total. The molecular formula is C26H35F5. The van der Waals surface area contributed by atoms with Crippen molar-refractivity contribution in [2.45, 2.75) is 90.1 Å². The van der Waals surface area contributed by atoms with Gasteiger partial charge in [-0.05, 0) is 99.2 Å².